The molecule has 1 aliphatic heterocycles. The van der Waals surface area contributed by atoms with E-state index >= 15 is 4.39 Å². The van der Waals surface area contributed by atoms with Crippen LogP contribution in [0.5, 0.6) is 5.75 Å². The molecule has 2 aromatic heterocycles. The summed E-state index contributed by atoms with van der Waals surface area (Å²) in [4.78, 5) is 16.0. The molecule has 0 bridgehead atoms. The van der Waals surface area contributed by atoms with Gasteiger partial charge in [-0.1, -0.05) is 13.0 Å². The summed E-state index contributed by atoms with van der Waals surface area (Å²) >= 11 is 0. The van der Waals surface area contributed by atoms with Crippen molar-refractivity contribution < 1.29 is 13.9 Å². The molecule has 3 aromatic carbocycles. The lowest BCUT2D eigenvalue weighted by molar-refractivity contribution is 0.443. The summed E-state index contributed by atoms with van der Waals surface area (Å²) in [6, 6.07) is 12.9. The van der Waals surface area contributed by atoms with Gasteiger partial charge in [0.15, 0.2) is 5.82 Å². The predicted octanol–water partition coefficient (Wildman–Crippen LogP) is 5.83. The first-order chi connectivity index (χ1) is 18.3. The smallest absolute Gasteiger partial charge is 0.257 e. The normalized spacial score (nSPS) is 17.6. The third kappa shape index (κ3) is 3.65. The molecule has 0 aliphatic carbocycles. The quantitative estimate of drug-likeness (QED) is 0.282. The first-order valence-electron chi connectivity index (χ1n) is 12.7. The average Bonchev–Trinajstić information content (AvgIpc) is 3.46. The summed E-state index contributed by atoms with van der Waals surface area (Å²) in [5.41, 5.74) is 2.21. The van der Waals surface area contributed by atoms with E-state index in [-0.39, 0.29) is 35.7 Å². The van der Waals surface area contributed by atoms with Crippen molar-refractivity contribution in [3.8, 4) is 22.9 Å². The Hall–Kier alpha value is -4.22. The topological polar surface area (TPSA) is 93.8 Å². The minimum atomic E-state index is -0.673. The summed E-state index contributed by atoms with van der Waals surface area (Å²) < 4.78 is 33.1. The summed E-state index contributed by atoms with van der Waals surface area (Å²) in [6.07, 6.45) is 0.381. The first kappa shape index (κ1) is 24.1. The van der Waals surface area contributed by atoms with Gasteiger partial charge in [-0.15, -0.1) is 0 Å². The van der Waals surface area contributed by atoms with Gasteiger partial charge in [0, 0.05) is 29.6 Å². The Kier molecular flexibility index (Phi) is 5.69. The Labute approximate surface area is 217 Å². The number of aromatic nitrogens is 2. The molecule has 1 unspecified atom stereocenters. The van der Waals surface area contributed by atoms with Gasteiger partial charge in [0.2, 0.25) is 0 Å². The molecule has 0 saturated carbocycles. The van der Waals surface area contributed by atoms with Crippen molar-refractivity contribution in [2.24, 2.45) is 5.92 Å². The van der Waals surface area contributed by atoms with E-state index in [4.69, 9.17) is 0 Å². The minimum absolute atomic E-state index is 0.0454. The number of aryl methyl sites for hydroxylation is 2. The zero-order chi connectivity index (χ0) is 26.7. The fourth-order valence-electron chi connectivity index (χ4n) is 6.06. The summed E-state index contributed by atoms with van der Waals surface area (Å²) in [5.74, 6) is -0.948. The zero-order valence-electron chi connectivity index (χ0n) is 21.0. The maximum absolute atomic E-state index is 16.7. The van der Waals surface area contributed by atoms with Crippen LogP contribution in [-0.2, 0) is 6.42 Å². The molecule has 3 N–H and O–H groups in total. The molecule has 5 aromatic rings. The van der Waals surface area contributed by atoms with Crippen LogP contribution in [-0.4, -0.2) is 27.7 Å². The van der Waals surface area contributed by atoms with Crippen LogP contribution in [0.4, 0.5) is 8.78 Å². The van der Waals surface area contributed by atoms with E-state index in [1.54, 1.807) is 0 Å². The van der Waals surface area contributed by atoms with Crippen molar-refractivity contribution in [1.82, 2.24) is 14.9 Å². The van der Waals surface area contributed by atoms with Crippen LogP contribution < -0.4 is 10.9 Å². The molecule has 1 fully saturated rings. The Morgan fingerprint density at radius 3 is 2.66 bits per heavy atom. The molecular weight excluding hydrogens is 486 g/mol. The van der Waals surface area contributed by atoms with E-state index < -0.39 is 17.2 Å². The number of H-pyrrole nitrogens is 1. The van der Waals surface area contributed by atoms with Crippen molar-refractivity contribution in [2.75, 3.05) is 13.1 Å². The SMILES string of the molecule is Cc1cc2c(=O)[nH]c3c(F)c(-c4cc(O)cc5ccc(F)cc45)c(CCC#N)cc3c2n1C1CNC[C@H]1C. The van der Waals surface area contributed by atoms with Gasteiger partial charge in [0.25, 0.3) is 5.56 Å². The lowest BCUT2D eigenvalue weighted by Gasteiger charge is -2.22. The van der Waals surface area contributed by atoms with Crippen LogP contribution in [0.2, 0.25) is 0 Å². The third-order valence-corrected chi connectivity index (χ3v) is 7.80. The molecule has 0 radical (unpaired) electrons. The van der Waals surface area contributed by atoms with Crippen LogP contribution in [0.3, 0.4) is 0 Å². The number of nitrogens with one attached hydrogen (secondary N) is 2. The highest BCUT2D eigenvalue weighted by Gasteiger charge is 2.29. The Balaban J connectivity index is 1.75. The van der Waals surface area contributed by atoms with E-state index in [1.807, 2.05) is 19.1 Å². The summed E-state index contributed by atoms with van der Waals surface area (Å²) in [6.45, 7) is 5.68. The molecule has 192 valence electrons. The number of halogens is 2. The molecule has 38 heavy (non-hydrogen) atoms. The molecule has 8 heteroatoms. The van der Waals surface area contributed by atoms with Crippen molar-refractivity contribution >= 4 is 32.6 Å². The van der Waals surface area contributed by atoms with Crippen molar-refractivity contribution in [3.05, 3.63) is 75.7 Å². The van der Waals surface area contributed by atoms with Crippen molar-refractivity contribution in [2.45, 2.75) is 32.7 Å². The van der Waals surface area contributed by atoms with Gasteiger partial charge in [-0.3, -0.25) is 4.79 Å². The highest BCUT2D eigenvalue weighted by atomic mass is 19.1. The molecule has 6 nitrogen and oxygen atoms in total. The van der Waals surface area contributed by atoms with Gasteiger partial charge in [0.05, 0.1) is 28.5 Å². The van der Waals surface area contributed by atoms with Crippen molar-refractivity contribution in [1.29, 1.82) is 5.26 Å². The molecule has 1 aliphatic rings. The Morgan fingerprint density at radius 1 is 1.11 bits per heavy atom. The second-order valence-corrected chi connectivity index (χ2v) is 10.2. The van der Waals surface area contributed by atoms with E-state index in [0.29, 0.717) is 44.1 Å². The van der Waals surface area contributed by atoms with E-state index in [1.165, 1.54) is 30.3 Å². The third-order valence-electron chi connectivity index (χ3n) is 7.80. The number of aromatic amines is 1. The molecule has 2 atom stereocenters. The molecule has 6 rings (SSSR count). The number of nitrogens with zero attached hydrogens (tertiary/aromatic N) is 2. The minimum Gasteiger partial charge on any atom is -0.508 e. The Morgan fingerprint density at radius 2 is 1.92 bits per heavy atom. The summed E-state index contributed by atoms with van der Waals surface area (Å²) in [7, 11) is 0. The number of phenolic OH excluding ortho intramolecular Hbond substituents is 1. The Bertz CT molecular complexity index is 1870. The largest absolute Gasteiger partial charge is 0.508 e. The number of pyridine rings is 1. The highest BCUT2D eigenvalue weighted by Crippen LogP contribution is 2.41. The number of rotatable bonds is 4. The van der Waals surface area contributed by atoms with Gasteiger partial charge in [-0.2, -0.15) is 5.26 Å². The number of fused-ring (bicyclic) bond motifs is 4. The monoisotopic (exact) mass is 512 g/mol. The van der Waals surface area contributed by atoms with E-state index in [9.17, 15) is 19.6 Å². The van der Waals surface area contributed by atoms with Crippen LogP contribution >= 0.6 is 0 Å². The number of nitriles is 1. The molecular formula is C30H26F2N4O2. The number of hydrogen-bond donors (Lipinski definition) is 3. The lowest BCUT2D eigenvalue weighted by Crippen LogP contribution is -2.18. The zero-order valence-corrected chi connectivity index (χ0v) is 21.0. The molecule has 1 saturated heterocycles. The van der Waals surface area contributed by atoms with Gasteiger partial charge in [-0.25, -0.2) is 8.78 Å². The van der Waals surface area contributed by atoms with Crippen LogP contribution in [0.15, 0.2) is 47.3 Å². The van der Waals surface area contributed by atoms with E-state index in [2.05, 4.69) is 27.9 Å². The maximum Gasteiger partial charge on any atom is 0.257 e. The van der Waals surface area contributed by atoms with Gasteiger partial charge in [0.1, 0.15) is 11.6 Å². The second kappa shape index (κ2) is 8.96. The van der Waals surface area contributed by atoms with Crippen molar-refractivity contribution in [3.63, 3.8) is 0 Å². The number of phenols is 1. The summed E-state index contributed by atoms with van der Waals surface area (Å²) in [5, 5.41) is 25.2. The highest BCUT2D eigenvalue weighted by molar-refractivity contribution is 6.08. The van der Waals surface area contributed by atoms with Crippen LogP contribution in [0.1, 0.15) is 30.6 Å². The number of hydrogen-bond acceptors (Lipinski definition) is 4. The van der Waals surface area contributed by atoms with Gasteiger partial charge in [-0.05, 0) is 84.1 Å². The van der Waals surface area contributed by atoms with Gasteiger partial charge < -0.3 is 20.0 Å². The predicted molar refractivity (Wildman–Crippen MR) is 144 cm³/mol. The molecule has 3 heterocycles. The lowest BCUT2D eigenvalue weighted by atomic mass is 9.90. The molecule has 0 spiro atoms. The van der Waals surface area contributed by atoms with Crippen LogP contribution in [0, 0.1) is 35.8 Å². The number of aromatic hydroxyl groups is 1. The fraction of sp³-hybridized carbons (Fsp3) is 0.267. The number of benzene rings is 3. The standard InChI is InChI=1S/C30H26F2N4O2/c1-15-13-34-14-25(15)36-16(2)8-24-29(36)23-10-18(4-3-7-33)26(27(32)28(23)35-30(24)38)22-12-20(37)9-17-5-6-19(31)11-21(17)22/h5-6,8-12,15,25,34,37H,3-4,13-14H2,1-2H3,(H,35,38)/t15-,25?/m1/s1. The maximum atomic E-state index is 16.7. The molecule has 0 amide bonds. The van der Waals surface area contributed by atoms with Gasteiger partial charge >= 0.3 is 0 Å². The van der Waals surface area contributed by atoms with Crippen LogP contribution in [0.25, 0.3) is 43.7 Å². The fourth-order valence-corrected chi connectivity index (χ4v) is 6.06. The average molecular weight is 513 g/mol. The first-order valence-corrected chi connectivity index (χ1v) is 12.7. The second-order valence-electron chi connectivity index (χ2n) is 10.2. The van der Waals surface area contributed by atoms with E-state index in [0.717, 1.165) is 18.8 Å².